The van der Waals surface area contributed by atoms with Gasteiger partial charge in [-0.3, -0.25) is 0 Å². The Bertz CT molecular complexity index is 462. The molecule has 0 amide bonds. The number of amidine groups is 1. The molecule has 156 valence electrons. The molecule has 1 aromatic rings. The summed E-state index contributed by atoms with van der Waals surface area (Å²) in [5, 5.41) is 2.05. The van der Waals surface area contributed by atoms with Gasteiger partial charge in [-0.15, -0.1) is 11.3 Å². The van der Waals surface area contributed by atoms with E-state index in [0.29, 0.717) is 0 Å². The minimum Gasteiger partial charge on any atom is -0.366 e. The second kappa shape index (κ2) is 25.9. The average molecular weight is 385 g/mol. The summed E-state index contributed by atoms with van der Waals surface area (Å²) in [6.45, 7) is 26.2. The zero-order valence-electron chi connectivity index (χ0n) is 19.2. The van der Waals surface area contributed by atoms with Gasteiger partial charge in [-0.05, 0) is 51.6 Å². The van der Waals surface area contributed by atoms with Crippen LogP contribution in [0.5, 0.6) is 0 Å². The number of rotatable bonds is 2. The van der Waals surface area contributed by atoms with E-state index in [2.05, 4.69) is 31.5 Å². The molecule has 0 spiro atoms. The maximum atomic E-state index is 4.53. The van der Waals surface area contributed by atoms with Crippen molar-refractivity contribution in [2.75, 3.05) is 14.1 Å². The van der Waals surface area contributed by atoms with Gasteiger partial charge in [0.25, 0.3) is 0 Å². The molecule has 0 N–H and O–H groups in total. The Kier molecular flexibility index (Phi) is 35.5. The van der Waals surface area contributed by atoms with Crippen LogP contribution in [-0.2, 0) is 0 Å². The SMILES string of the molecule is C.C=C(C)c1sccc1N=C(C)N(C)C.CC.CC.CC.CC=C(C)C. The predicted octanol–water partition coefficient (Wildman–Crippen LogP) is 9.08. The average Bonchev–Trinajstić information content (AvgIpc) is 3.09. The van der Waals surface area contributed by atoms with Crippen LogP contribution >= 0.6 is 11.3 Å². The maximum Gasteiger partial charge on any atom is 0.101 e. The van der Waals surface area contributed by atoms with Crippen LogP contribution in [0.1, 0.15) is 88.5 Å². The predicted molar refractivity (Wildman–Crippen MR) is 131 cm³/mol. The summed E-state index contributed by atoms with van der Waals surface area (Å²) in [7, 11) is 3.98. The van der Waals surface area contributed by atoms with Crippen molar-refractivity contribution in [2.45, 2.75) is 83.6 Å². The van der Waals surface area contributed by atoms with Gasteiger partial charge in [-0.1, -0.05) is 67.2 Å². The molecule has 0 aromatic carbocycles. The van der Waals surface area contributed by atoms with E-state index in [0.717, 1.165) is 17.1 Å². The lowest BCUT2D eigenvalue weighted by molar-refractivity contribution is 0.619. The third kappa shape index (κ3) is 20.7. The summed E-state index contributed by atoms with van der Waals surface area (Å²) in [6.07, 6.45) is 2.08. The van der Waals surface area contributed by atoms with Crippen molar-refractivity contribution >= 4 is 28.4 Å². The number of hydrogen-bond acceptors (Lipinski definition) is 2. The van der Waals surface area contributed by atoms with Gasteiger partial charge in [-0.2, -0.15) is 0 Å². The Morgan fingerprint density at radius 2 is 1.38 bits per heavy atom. The molecule has 0 aliphatic carbocycles. The van der Waals surface area contributed by atoms with Crippen LogP contribution in [0, 0.1) is 0 Å². The fourth-order valence-electron chi connectivity index (χ4n) is 0.984. The van der Waals surface area contributed by atoms with Crippen molar-refractivity contribution in [1.29, 1.82) is 0 Å². The lowest BCUT2D eigenvalue weighted by atomic mass is 10.2. The van der Waals surface area contributed by atoms with Crippen molar-refractivity contribution in [3.8, 4) is 0 Å². The molecule has 0 saturated carbocycles. The van der Waals surface area contributed by atoms with Crippen molar-refractivity contribution in [3.05, 3.63) is 34.6 Å². The van der Waals surface area contributed by atoms with E-state index < -0.39 is 0 Å². The summed E-state index contributed by atoms with van der Waals surface area (Å²) in [5.74, 6) is 1.01. The molecule has 0 bridgehead atoms. The molecule has 0 atom stereocenters. The first kappa shape index (κ1) is 35.7. The van der Waals surface area contributed by atoms with Gasteiger partial charge < -0.3 is 4.90 Å². The highest BCUT2D eigenvalue weighted by Gasteiger charge is 2.04. The lowest BCUT2D eigenvalue weighted by Gasteiger charge is -2.10. The standard InChI is InChI=1S/C11H16N2S.C5H10.3C2H6.CH4/c1-8(2)11-10(6-7-14-11)12-9(3)13(4)5;1-4-5(2)3;3*1-2;/h6-7H,1H2,2-5H3;4H,1-3H3;3*1-2H3;1H4. The zero-order chi connectivity index (χ0) is 21.0. The molecule has 1 heterocycles. The topological polar surface area (TPSA) is 15.6 Å². The second-order valence-electron chi connectivity index (χ2n) is 4.83. The van der Waals surface area contributed by atoms with Crippen molar-refractivity contribution in [2.24, 2.45) is 4.99 Å². The first-order chi connectivity index (χ1) is 11.8. The van der Waals surface area contributed by atoms with Crippen LogP contribution in [0.25, 0.3) is 5.57 Å². The van der Waals surface area contributed by atoms with E-state index >= 15 is 0 Å². The molecular formula is C23H48N2S. The Hall–Kier alpha value is -1.35. The first-order valence-electron chi connectivity index (χ1n) is 9.35. The zero-order valence-corrected chi connectivity index (χ0v) is 20.1. The summed E-state index contributed by atoms with van der Waals surface area (Å²) in [4.78, 5) is 7.70. The second-order valence-corrected chi connectivity index (χ2v) is 5.75. The molecule has 0 fully saturated rings. The Balaban J connectivity index is -0.000000104. The number of allylic oxidation sites excluding steroid dienone is 3. The first-order valence-corrected chi connectivity index (χ1v) is 10.2. The van der Waals surface area contributed by atoms with Crippen LogP contribution in [0.4, 0.5) is 5.69 Å². The number of aliphatic imine (C=N–C) groups is 1. The normalized spacial score (nSPS) is 8.27. The number of hydrogen-bond donors (Lipinski definition) is 0. The molecular weight excluding hydrogens is 336 g/mol. The van der Waals surface area contributed by atoms with E-state index in [-0.39, 0.29) is 7.43 Å². The molecule has 0 aliphatic heterocycles. The van der Waals surface area contributed by atoms with Gasteiger partial charge in [0.1, 0.15) is 5.84 Å². The summed E-state index contributed by atoms with van der Waals surface area (Å²) in [6, 6.07) is 2.03. The molecule has 3 heteroatoms. The van der Waals surface area contributed by atoms with Crippen molar-refractivity contribution < 1.29 is 0 Å². The van der Waals surface area contributed by atoms with Crippen LogP contribution in [-0.4, -0.2) is 24.8 Å². The Morgan fingerprint density at radius 1 is 1.00 bits per heavy atom. The Labute approximate surface area is 170 Å². The number of nitrogens with zero attached hydrogens (tertiary/aromatic N) is 2. The maximum absolute atomic E-state index is 4.53. The van der Waals surface area contributed by atoms with E-state index in [1.807, 2.05) is 92.8 Å². The molecule has 0 aliphatic rings. The molecule has 0 unspecified atom stereocenters. The van der Waals surface area contributed by atoms with Crippen LogP contribution in [0.2, 0.25) is 0 Å². The molecule has 0 saturated heterocycles. The summed E-state index contributed by atoms with van der Waals surface area (Å²) in [5.41, 5.74) is 3.48. The lowest BCUT2D eigenvalue weighted by Crippen LogP contribution is -2.17. The fourth-order valence-corrected chi connectivity index (χ4v) is 1.75. The molecule has 2 nitrogen and oxygen atoms in total. The minimum absolute atomic E-state index is 0. The highest BCUT2D eigenvalue weighted by molar-refractivity contribution is 7.11. The van der Waals surface area contributed by atoms with Crippen LogP contribution in [0.15, 0.2) is 34.7 Å². The van der Waals surface area contributed by atoms with E-state index in [1.54, 1.807) is 11.3 Å². The smallest absolute Gasteiger partial charge is 0.101 e. The summed E-state index contributed by atoms with van der Waals surface area (Å²) >= 11 is 1.69. The molecule has 0 radical (unpaired) electrons. The largest absolute Gasteiger partial charge is 0.366 e. The molecule has 1 rings (SSSR count). The van der Waals surface area contributed by atoms with E-state index in [1.165, 1.54) is 10.5 Å². The fraction of sp³-hybridized carbons (Fsp3) is 0.609. The van der Waals surface area contributed by atoms with Crippen molar-refractivity contribution in [3.63, 3.8) is 0 Å². The quantitative estimate of drug-likeness (QED) is 0.282. The van der Waals surface area contributed by atoms with Gasteiger partial charge >= 0.3 is 0 Å². The van der Waals surface area contributed by atoms with E-state index in [4.69, 9.17) is 0 Å². The van der Waals surface area contributed by atoms with Gasteiger partial charge in [0.15, 0.2) is 0 Å². The third-order valence-corrected chi connectivity index (χ3v) is 3.60. The van der Waals surface area contributed by atoms with E-state index in [9.17, 15) is 0 Å². The summed E-state index contributed by atoms with van der Waals surface area (Å²) < 4.78 is 0. The molecule has 26 heavy (non-hydrogen) atoms. The van der Waals surface area contributed by atoms with Gasteiger partial charge in [-0.25, -0.2) is 4.99 Å². The number of thiophene rings is 1. The van der Waals surface area contributed by atoms with Crippen molar-refractivity contribution in [1.82, 2.24) is 4.90 Å². The highest BCUT2D eigenvalue weighted by atomic mass is 32.1. The molecule has 1 aromatic heterocycles. The van der Waals surface area contributed by atoms with Crippen LogP contribution in [0.3, 0.4) is 0 Å². The van der Waals surface area contributed by atoms with Gasteiger partial charge in [0, 0.05) is 14.1 Å². The minimum atomic E-state index is 0. The monoisotopic (exact) mass is 384 g/mol. The van der Waals surface area contributed by atoms with Gasteiger partial charge in [0.05, 0.1) is 10.6 Å². The van der Waals surface area contributed by atoms with Gasteiger partial charge in [0.2, 0.25) is 0 Å². The third-order valence-electron chi connectivity index (χ3n) is 2.54. The Morgan fingerprint density at radius 3 is 1.65 bits per heavy atom. The van der Waals surface area contributed by atoms with Crippen LogP contribution < -0.4 is 0 Å². The highest BCUT2D eigenvalue weighted by Crippen LogP contribution is 2.30.